The summed E-state index contributed by atoms with van der Waals surface area (Å²) in [4.78, 5) is 22.3. The monoisotopic (exact) mass is 543 g/mol. The molecular formula is C18H29F3IN7O. The number of aryl methyl sites for hydroxylation is 1. The van der Waals surface area contributed by atoms with Gasteiger partial charge in [-0.3, -0.25) is 19.4 Å². The van der Waals surface area contributed by atoms with Gasteiger partial charge in [-0.2, -0.15) is 18.3 Å². The summed E-state index contributed by atoms with van der Waals surface area (Å²) < 4.78 is 39.3. The molecule has 3 rings (SSSR count). The number of nitrogens with one attached hydrogen (secondary N) is 1. The molecule has 1 unspecified atom stereocenters. The van der Waals surface area contributed by atoms with Crippen LogP contribution in [0.1, 0.15) is 13.3 Å². The maximum absolute atomic E-state index is 12.6. The fourth-order valence-corrected chi connectivity index (χ4v) is 3.78. The Hall–Kier alpha value is -1.57. The zero-order valence-corrected chi connectivity index (χ0v) is 19.6. The third kappa shape index (κ3) is 6.72. The van der Waals surface area contributed by atoms with Gasteiger partial charge in [-0.05, 0) is 25.8 Å². The quantitative estimate of drug-likeness (QED) is 0.347. The van der Waals surface area contributed by atoms with Crippen molar-refractivity contribution >= 4 is 41.5 Å². The van der Waals surface area contributed by atoms with Gasteiger partial charge in [0.05, 0.1) is 18.4 Å². The summed E-state index contributed by atoms with van der Waals surface area (Å²) in [5, 5.41) is 7.31. The molecule has 8 nitrogen and oxygen atoms in total. The number of halogens is 4. The van der Waals surface area contributed by atoms with Crippen LogP contribution in [-0.4, -0.2) is 90.0 Å². The number of anilines is 1. The lowest BCUT2D eigenvalue weighted by molar-refractivity contribution is -0.143. The summed E-state index contributed by atoms with van der Waals surface area (Å²) in [6, 6.07) is 0. The number of aliphatic imine (C=N–C) groups is 1. The standard InChI is InChI=1S/C18H28F3N7O.HI/c1-3-22-17(23-8-14-4-5-26(10-14)13-18(19,20)21)27-6-7-28(16(29)12-27)15-9-24-25(2)11-15;/h9,11,14H,3-8,10,12-13H2,1-2H3,(H,22,23);1H. The minimum absolute atomic E-state index is 0. The van der Waals surface area contributed by atoms with Gasteiger partial charge in [0, 0.05) is 46.0 Å². The van der Waals surface area contributed by atoms with Crippen molar-refractivity contribution in [2.24, 2.45) is 18.0 Å². The van der Waals surface area contributed by atoms with Crippen LogP contribution in [0, 0.1) is 5.92 Å². The van der Waals surface area contributed by atoms with Crippen LogP contribution in [0.25, 0.3) is 0 Å². The normalized spacial score (nSPS) is 21.2. The number of likely N-dealkylation sites (tertiary alicyclic amines) is 1. The van der Waals surface area contributed by atoms with Crippen LogP contribution in [0.2, 0.25) is 0 Å². The van der Waals surface area contributed by atoms with Crippen LogP contribution in [0.5, 0.6) is 0 Å². The maximum Gasteiger partial charge on any atom is 0.401 e. The van der Waals surface area contributed by atoms with Crippen molar-refractivity contribution in [2.45, 2.75) is 19.5 Å². The first-order valence-electron chi connectivity index (χ1n) is 9.86. The molecule has 2 aliphatic heterocycles. The second-order valence-corrected chi connectivity index (χ2v) is 7.54. The summed E-state index contributed by atoms with van der Waals surface area (Å²) in [7, 11) is 1.80. The third-order valence-electron chi connectivity index (χ3n) is 5.13. The number of hydrogen-bond donors (Lipinski definition) is 1. The molecular weight excluding hydrogens is 514 g/mol. The van der Waals surface area contributed by atoms with E-state index >= 15 is 0 Å². The van der Waals surface area contributed by atoms with Gasteiger partial charge >= 0.3 is 6.18 Å². The van der Waals surface area contributed by atoms with Gasteiger partial charge < -0.3 is 15.1 Å². The van der Waals surface area contributed by atoms with E-state index in [1.807, 2.05) is 11.8 Å². The number of carbonyl (C=O) groups is 1. The van der Waals surface area contributed by atoms with E-state index in [1.165, 1.54) is 4.90 Å². The molecule has 30 heavy (non-hydrogen) atoms. The Bertz CT molecular complexity index is 740. The SMILES string of the molecule is CCNC(=NCC1CCN(CC(F)(F)F)C1)N1CCN(c2cnn(C)c2)C(=O)C1.I. The molecule has 1 aromatic heterocycles. The molecule has 3 heterocycles. The highest BCUT2D eigenvalue weighted by Gasteiger charge is 2.34. The minimum atomic E-state index is -4.17. The van der Waals surface area contributed by atoms with Crippen molar-refractivity contribution in [3.05, 3.63) is 12.4 Å². The topological polar surface area (TPSA) is 69.0 Å². The van der Waals surface area contributed by atoms with Crippen LogP contribution in [-0.2, 0) is 11.8 Å². The fraction of sp³-hybridized carbons (Fsp3) is 0.722. The number of amides is 1. The van der Waals surface area contributed by atoms with Gasteiger partial charge in [0.25, 0.3) is 0 Å². The number of hydrogen-bond acceptors (Lipinski definition) is 4. The molecule has 0 saturated carbocycles. The van der Waals surface area contributed by atoms with Crippen LogP contribution >= 0.6 is 24.0 Å². The summed E-state index contributed by atoms with van der Waals surface area (Å²) in [6.07, 6.45) is 0.00733. The number of nitrogens with zero attached hydrogens (tertiary/aromatic N) is 6. The Labute approximate surface area is 191 Å². The number of carbonyl (C=O) groups excluding carboxylic acids is 1. The second-order valence-electron chi connectivity index (χ2n) is 7.54. The van der Waals surface area contributed by atoms with Gasteiger partial charge in [-0.25, -0.2) is 0 Å². The lowest BCUT2D eigenvalue weighted by atomic mass is 10.1. The van der Waals surface area contributed by atoms with Gasteiger partial charge in [0.1, 0.15) is 6.54 Å². The van der Waals surface area contributed by atoms with Gasteiger partial charge in [-0.1, -0.05) is 0 Å². The molecule has 170 valence electrons. The Morgan fingerprint density at radius 2 is 2.10 bits per heavy atom. The van der Waals surface area contributed by atoms with Crippen molar-refractivity contribution < 1.29 is 18.0 Å². The first-order valence-corrected chi connectivity index (χ1v) is 9.86. The second kappa shape index (κ2) is 10.6. The highest BCUT2D eigenvalue weighted by atomic mass is 127. The van der Waals surface area contributed by atoms with Crippen molar-refractivity contribution in [1.29, 1.82) is 0 Å². The maximum atomic E-state index is 12.6. The molecule has 12 heteroatoms. The van der Waals surface area contributed by atoms with E-state index in [-0.39, 0.29) is 42.3 Å². The molecule has 0 bridgehead atoms. The van der Waals surface area contributed by atoms with Crippen molar-refractivity contribution in [2.75, 3.05) is 57.3 Å². The molecule has 2 fully saturated rings. The molecule has 1 N–H and O–H groups in total. The summed E-state index contributed by atoms with van der Waals surface area (Å²) in [5.74, 6) is 0.700. The van der Waals surface area contributed by atoms with E-state index in [9.17, 15) is 18.0 Å². The van der Waals surface area contributed by atoms with Gasteiger partial charge in [0.2, 0.25) is 5.91 Å². The Kier molecular flexibility index (Phi) is 8.76. The van der Waals surface area contributed by atoms with Gasteiger partial charge in [-0.15, -0.1) is 24.0 Å². The highest BCUT2D eigenvalue weighted by molar-refractivity contribution is 14.0. The predicted molar refractivity (Wildman–Crippen MR) is 119 cm³/mol. The lowest BCUT2D eigenvalue weighted by Gasteiger charge is -2.35. The van der Waals surface area contributed by atoms with Crippen molar-refractivity contribution in [1.82, 2.24) is 24.9 Å². The average Bonchev–Trinajstić information content (AvgIpc) is 3.26. The van der Waals surface area contributed by atoms with E-state index in [0.717, 1.165) is 5.69 Å². The number of aromatic nitrogens is 2. The molecule has 1 atom stereocenters. The molecule has 0 aliphatic carbocycles. The van der Waals surface area contributed by atoms with Crippen molar-refractivity contribution in [3.8, 4) is 0 Å². The van der Waals surface area contributed by atoms with Crippen molar-refractivity contribution in [3.63, 3.8) is 0 Å². The largest absolute Gasteiger partial charge is 0.401 e. The van der Waals surface area contributed by atoms with Gasteiger partial charge in [0.15, 0.2) is 5.96 Å². The van der Waals surface area contributed by atoms with E-state index in [4.69, 9.17) is 0 Å². The Morgan fingerprint density at radius 1 is 1.33 bits per heavy atom. The minimum Gasteiger partial charge on any atom is -0.357 e. The molecule has 1 aromatic rings. The van der Waals surface area contributed by atoms with Crippen LogP contribution < -0.4 is 10.2 Å². The molecule has 2 aliphatic rings. The number of guanidine groups is 1. The molecule has 0 aromatic carbocycles. The van der Waals surface area contributed by atoms with E-state index < -0.39 is 12.7 Å². The Morgan fingerprint density at radius 3 is 2.70 bits per heavy atom. The first kappa shape index (κ1) is 24.7. The van der Waals surface area contributed by atoms with Crippen LogP contribution in [0.15, 0.2) is 17.4 Å². The fourth-order valence-electron chi connectivity index (χ4n) is 3.78. The van der Waals surface area contributed by atoms with Crippen LogP contribution in [0.4, 0.5) is 18.9 Å². The summed E-state index contributed by atoms with van der Waals surface area (Å²) >= 11 is 0. The zero-order chi connectivity index (χ0) is 21.0. The molecule has 0 radical (unpaired) electrons. The number of piperazine rings is 1. The van der Waals surface area contributed by atoms with E-state index in [2.05, 4.69) is 15.4 Å². The van der Waals surface area contributed by atoms with Crippen LogP contribution in [0.3, 0.4) is 0 Å². The zero-order valence-electron chi connectivity index (χ0n) is 17.2. The third-order valence-corrected chi connectivity index (χ3v) is 5.13. The number of alkyl halides is 3. The van der Waals surface area contributed by atoms with E-state index in [1.54, 1.807) is 29.0 Å². The lowest BCUT2D eigenvalue weighted by Crippen LogP contribution is -2.55. The predicted octanol–water partition coefficient (Wildman–Crippen LogP) is 1.54. The molecule has 1 amide bonds. The summed E-state index contributed by atoms with van der Waals surface area (Å²) in [5.41, 5.74) is 0.773. The smallest absolute Gasteiger partial charge is 0.357 e. The summed E-state index contributed by atoms with van der Waals surface area (Å²) in [6.45, 7) is 4.38. The number of rotatable bonds is 5. The van der Waals surface area contributed by atoms with E-state index in [0.29, 0.717) is 51.6 Å². The average molecular weight is 543 g/mol. The highest BCUT2D eigenvalue weighted by Crippen LogP contribution is 2.23. The molecule has 0 spiro atoms. The molecule has 2 saturated heterocycles. The Balaban J connectivity index is 0.00000320. The first-order chi connectivity index (χ1) is 13.7.